The average Bonchev–Trinajstić information content (AvgIpc) is 2.58. The van der Waals surface area contributed by atoms with Crippen LogP contribution < -0.4 is 16.6 Å². The van der Waals surface area contributed by atoms with Gasteiger partial charge in [0.2, 0.25) is 5.95 Å². The Hall–Kier alpha value is -3.18. The van der Waals surface area contributed by atoms with Crippen LogP contribution in [0.1, 0.15) is 24.4 Å². The molecule has 1 aromatic carbocycles. The van der Waals surface area contributed by atoms with E-state index in [0.29, 0.717) is 21.7 Å². The van der Waals surface area contributed by atoms with Gasteiger partial charge >= 0.3 is 0 Å². The lowest BCUT2D eigenvalue weighted by atomic mass is 10.2. The largest absolute Gasteiger partial charge is 0.368 e. The second-order valence-corrected chi connectivity index (χ2v) is 5.84. The number of fused-ring (bicyclic) bond motifs is 1. The second kappa shape index (κ2) is 6.37. The molecule has 0 aliphatic heterocycles. The minimum absolute atomic E-state index is 0.0424. The first kappa shape index (κ1) is 16.7. The van der Waals surface area contributed by atoms with E-state index in [9.17, 15) is 4.79 Å². The number of hydrogen-bond donors (Lipinski definition) is 2. The Bertz CT molecular complexity index is 1070. The molecule has 0 bridgehead atoms. The first-order valence-electron chi connectivity index (χ1n) is 7.36. The monoisotopic (exact) mass is 355 g/mol. The van der Waals surface area contributed by atoms with Crippen LogP contribution in [0, 0.1) is 11.3 Å². The molecule has 2 heterocycles. The zero-order chi connectivity index (χ0) is 18.1. The minimum Gasteiger partial charge on any atom is -0.368 e. The molecule has 0 amide bonds. The fraction of sp³-hybridized carbons (Fsp3) is 0.188. The molecule has 0 saturated heterocycles. The van der Waals surface area contributed by atoms with E-state index in [4.69, 9.17) is 22.6 Å². The summed E-state index contributed by atoms with van der Waals surface area (Å²) in [5, 5.41) is 12.9. The lowest BCUT2D eigenvalue weighted by Gasteiger charge is -2.18. The van der Waals surface area contributed by atoms with Crippen molar-refractivity contribution in [1.82, 2.24) is 19.5 Å². The van der Waals surface area contributed by atoms with Crippen molar-refractivity contribution < 1.29 is 0 Å². The minimum atomic E-state index is -0.414. The summed E-state index contributed by atoms with van der Waals surface area (Å²) in [4.78, 5) is 25.0. The first-order valence-corrected chi connectivity index (χ1v) is 7.74. The van der Waals surface area contributed by atoms with Gasteiger partial charge in [-0.15, -0.1) is 0 Å². The smallest absolute Gasteiger partial charge is 0.262 e. The van der Waals surface area contributed by atoms with Gasteiger partial charge in [-0.1, -0.05) is 17.7 Å². The molecular weight excluding hydrogens is 342 g/mol. The molecule has 9 heteroatoms. The van der Waals surface area contributed by atoms with Crippen LogP contribution in [0.15, 0.2) is 29.2 Å². The van der Waals surface area contributed by atoms with Crippen LogP contribution in [-0.4, -0.2) is 19.5 Å². The summed E-state index contributed by atoms with van der Waals surface area (Å²) in [7, 11) is 1.62. The molecule has 0 radical (unpaired) electrons. The third kappa shape index (κ3) is 2.97. The highest BCUT2D eigenvalue weighted by atomic mass is 35.5. The van der Waals surface area contributed by atoms with E-state index in [0.717, 1.165) is 0 Å². The molecule has 8 nitrogen and oxygen atoms in total. The average molecular weight is 356 g/mol. The number of nitrogens with one attached hydrogen (secondary N) is 1. The van der Waals surface area contributed by atoms with E-state index in [1.165, 1.54) is 10.8 Å². The van der Waals surface area contributed by atoms with E-state index >= 15 is 0 Å². The van der Waals surface area contributed by atoms with Gasteiger partial charge in [0.1, 0.15) is 23.3 Å². The maximum atomic E-state index is 12.6. The first-order chi connectivity index (χ1) is 11.9. The van der Waals surface area contributed by atoms with Crippen LogP contribution in [0.2, 0.25) is 5.02 Å². The van der Waals surface area contributed by atoms with Crippen LogP contribution in [0.5, 0.6) is 0 Å². The van der Waals surface area contributed by atoms with E-state index < -0.39 is 6.04 Å². The SMILES string of the molecule is C[C@H](Nc1nc(N)ncc1C#N)c1nc2cccc(Cl)c2c(=O)n1C. The molecule has 1 atom stereocenters. The van der Waals surface area contributed by atoms with Gasteiger partial charge in [0.15, 0.2) is 0 Å². The highest BCUT2D eigenvalue weighted by molar-refractivity contribution is 6.35. The van der Waals surface area contributed by atoms with Gasteiger partial charge in [-0.25, -0.2) is 9.97 Å². The van der Waals surface area contributed by atoms with Crippen LogP contribution in [0.3, 0.4) is 0 Å². The fourth-order valence-corrected chi connectivity index (χ4v) is 2.78. The van der Waals surface area contributed by atoms with Crippen molar-refractivity contribution in [2.45, 2.75) is 13.0 Å². The van der Waals surface area contributed by atoms with Gasteiger partial charge in [0.25, 0.3) is 5.56 Å². The van der Waals surface area contributed by atoms with Crippen molar-refractivity contribution in [2.75, 3.05) is 11.1 Å². The molecule has 2 aromatic heterocycles. The normalized spacial score (nSPS) is 11.9. The number of aromatic nitrogens is 4. The Kier molecular flexibility index (Phi) is 4.25. The van der Waals surface area contributed by atoms with Gasteiger partial charge in [-0.05, 0) is 19.1 Å². The Balaban J connectivity index is 2.08. The number of hydrogen-bond acceptors (Lipinski definition) is 7. The van der Waals surface area contributed by atoms with E-state index in [-0.39, 0.29) is 22.9 Å². The maximum Gasteiger partial charge on any atom is 0.262 e. The summed E-state index contributed by atoms with van der Waals surface area (Å²) >= 11 is 6.12. The number of benzene rings is 1. The molecule has 0 saturated carbocycles. The number of halogens is 1. The summed E-state index contributed by atoms with van der Waals surface area (Å²) < 4.78 is 1.42. The summed E-state index contributed by atoms with van der Waals surface area (Å²) in [6.45, 7) is 1.80. The van der Waals surface area contributed by atoms with Crippen molar-refractivity contribution in [3.63, 3.8) is 0 Å². The molecule has 0 spiro atoms. The molecule has 3 aromatic rings. The predicted octanol–water partition coefficient (Wildman–Crippen LogP) is 2.00. The Labute approximate surface area is 147 Å². The van der Waals surface area contributed by atoms with Gasteiger partial charge in [-0.3, -0.25) is 9.36 Å². The second-order valence-electron chi connectivity index (χ2n) is 5.44. The fourth-order valence-electron chi connectivity index (χ4n) is 2.53. The van der Waals surface area contributed by atoms with Gasteiger partial charge in [-0.2, -0.15) is 10.2 Å². The zero-order valence-electron chi connectivity index (χ0n) is 13.5. The van der Waals surface area contributed by atoms with Crippen molar-refractivity contribution in [1.29, 1.82) is 5.26 Å². The quantitative estimate of drug-likeness (QED) is 0.736. The molecule has 0 fully saturated rings. The van der Waals surface area contributed by atoms with E-state index in [1.807, 2.05) is 6.07 Å². The summed E-state index contributed by atoms with van der Waals surface area (Å²) in [5.41, 5.74) is 6.08. The van der Waals surface area contributed by atoms with E-state index in [2.05, 4.69) is 20.3 Å². The highest BCUT2D eigenvalue weighted by Gasteiger charge is 2.17. The third-order valence-corrected chi connectivity index (χ3v) is 4.07. The predicted molar refractivity (Wildman–Crippen MR) is 95.2 cm³/mol. The lowest BCUT2D eigenvalue weighted by molar-refractivity contribution is 0.682. The van der Waals surface area contributed by atoms with E-state index in [1.54, 1.807) is 32.2 Å². The molecule has 126 valence electrons. The Morgan fingerprint density at radius 2 is 2.16 bits per heavy atom. The van der Waals surface area contributed by atoms with Crippen LogP contribution in [0.4, 0.5) is 11.8 Å². The lowest BCUT2D eigenvalue weighted by Crippen LogP contribution is -2.26. The van der Waals surface area contributed by atoms with Crippen molar-refractivity contribution >= 4 is 34.3 Å². The topological polar surface area (TPSA) is 123 Å². The number of rotatable bonds is 3. The molecule has 25 heavy (non-hydrogen) atoms. The van der Waals surface area contributed by atoms with Gasteiger partial charge < -0.3 is 11.1 Å². The molecule has 3 rings (SSSR count). The number of nitrogen functional groups attached to an aromatic ring is 1. The molecule has 3 N–H and O–H groups in total. The maximum absolute atomic E-state index is 12.6. The molecule has 0 aliphatic rings. The van der Waals surface area contributed by atoms with Crippen LogP contribution in [-0.2, 0) is 7.05 Å². The summed E-state index contributed by atoms with van der Waals surface area (Å²) in [6.07, 6.45) is 1.34. The highest BCUT2D eigenvalue weighted by Crippen LogP contribution is 2.22. The number of nitriles is 1. The van der Waals surface area contributed by atoms with Crippen LogP contribution in [0.25, 0.3) is 10.9 Å². The van der Waals surface area contributed by atoms with Crippen molar-refractivity contribution in [3.8, 4) is 6.07 Å². The van der Waals surface area contributed by atoms with Crippen molar-refractivity contribution in [3.05, 3.63) is 51.2 Å². The Morgan fingerprint density at radius 3 is 2.88 bits per heavy atom. The summed E-state index contributed by atoms with van der Waals surface area (Å²) in [5.74, 6) is 0.796. The third-order valence-electron chi connectivity index (χ3n) is 3.76. The molecule has 0 unspecified atom stereocenters. The van der Waals surface area contributed by atoms with Gasteiger partial charge in [0.05, 0.1) is 28.2 Å². The standard InChI is InChI=1S/C16H14ClN7O/c1-8(21-13-9(6-18)7-20-16(19)23-13)14-22-11-5-3-4-10(17)12(11)15(25)24(14)2/h3-5,7-8H,1-2H3,(H3,19,20,21,23)/t8-/m0/s1. The van der Waals surface area contributed by atoms with Gasteiger partial charge in [0, 0.05) is 7.05 Å². The zero-order valence-corrected chi connectivity index (χ0v) is 14.2. The number of anilines is 2. The molecule has 0 aliphatic carbocycles. The number of nitrogens with two attached hydrogens (primary N) is 1. The Morgan fingerprint density at radius 1 is 1.40 bits per heavy atom. The number of nitrogens with zero attached hydrogens (tertiary/aromatic N) is 5. The molecular formula is C16H14ClN7O. The van der Waals surface area contributed by atoms with Crippen molar-refractivity contribution in [2.24, 2.45) is 7.05 Å². The van der Waals surface area contributed by atoms with Crippen LogP contribution >= 0.6 is 11.6 Å². The summed E-state index contributed by atoms with van der Waals surface area (Å²) in [6, 6.07) is 6.69.